The summed E-state index contributed by atoms with van der Waals surface area (Å²) < 4.78 is 10.4. The largest absolute Gasteiger partial charge is 0.497 e. The summed E-state index contributed by atoms with van der Waals surface area (Å²) in [5.41, 5.74) is 1.64. The number of aromatic nitrogens is 1. The van der Waals surface area contributed by atoms with Crippen LogP contribution in [0.15, 0.2) is 72.9 Å². The number of nitrogens with one attached hydrogen (secondary N) is 1. The molecule has 5 nitrogen and oxygen atoms in total. The van der Waals surface area contributed by atoms with Gasteiger partial charge in [0.05, 0.1) is 20.3 Å². The highest BCUT2D eigenvalue weighted by molar-refractivity contribution is 5.96. The zero-order valence-corrected chi connectivity index (χ0v) is 15.4. The van der Waals surface area contributed by atoms with Crippen LogP contribution in [0.3, 0.4) is 0 Å². The fraction of sp³-hybridized carbons (Fsp3) is 0.182. The van der Waals surface area contributed by atoms with Crippen molar-refractivity contribution in [3.8, 4) is 11.5 Å². The number of benzene rings is 2. The number of Topliss-reactive ketones (excluding diaryl/α,β-unsaturated/α-hetero) is 1. The first kappa shape index (κ1) is 18.5. The Bertz CT molecular complexity index is 862. The predicted octanol–water partition coefficient (Wildman–Crippen LogP) is 4.53. The molecule has 1 unspecified atom stereocenters. The van der Waals surface area contributed by atoms with Crippen molar-refractivity contribution in [1.82, 2.24) is 4.98 Å². The van der Waals surface area contributed by atoms with Gasteiger partial charge in [-0.3, -0.25) is 4.79 Å². The molecule has 0 fully saturated rings. The van der Waals surface area contributed by atoms with Crippen molar-refractivity contribution >= 4 is 11.6 Å². The normalized spacial score (nSPS) is 11.5. The second-order valence-electron chi connectivity index (χ2n) is 6.04. The van der Waals surface area contributed by atoms with E-state index < -0.39 is 0 Å². The Labute approximate surface area is 159 Å². The molecule has 3 aromatic rings. The molecular formula is C22H22N2O3. The van der Waals surface area contributed by atoms with Gasteiger partial charge in [-0.05, 0) is 54.1 Å². The van der Waals surface area contributed by atoms with Crippen LogP contribution in [-0.2, 0) is 0 Å². The van der Waals surface area contributed by atoms with E-state index in [4.69, 9.17) is 9.47 Å². The molecule has 0 bridgehead atoms. The van der Waals surface area contributed by atoms with Gasteiger partial charge in [-0.25, -0.2) is 4.98 Å². The molecule has 1 heterocycles. The van der Waals surface area contributed by atoms with Gasteiger partial charge >= 0.3 is 0 Å². The predicted molar refractivity (Wildman–Crippen MR) is 106 cm³/mol. The Hall–Kier alpha value is -3.34. The topological polar surface area (TPSA) is 60.5 Å². The van der Waals surface area contributed by atoms with Gasteiger partial charge in [-0.15, -0.1) is 0 Å². The van der Waals surface area contributed by atoms with Crippen LogP contribution in [0.1, 0.15) is 28.4 Å². The molecule has 0 spiro atoms. The number of hydrogen-bond acceptors (Lipinski definition) is 5. The molecule has 0 saturated heterocycles. The monoisotopic (exact) mass is 362 g/mol. The van der Waals surface area contributed by atoms with Crippen LogP contribution in [0, 0.1) is 0 Å². The van der Waals surface area contributed by atoms with Gasteiger partial charge in [0, 0.05) is 18.2 Å². The maximum Gasteiger partial charge on any atom is 0.165 e. The minimum absolute atomic E-state index is 0.0434. The Balaban J connectivity index is 1.82. The zero-order chi connectivity index (χ0) is 19.1. The summed E-state index contributed by atoms with van der Waals surface area (Å²) in [4.78, 5) is 17.1. The average Bonchev–Trinajstić information content (AvgIpc) is 2.74. The molecule has 5 heteroatoms. The minimum Gasteiger partial charge on any atom is -0.497 e. The molecule has 3 rings (SSSR count). The number of methoxy groups -OCH3 is 2. The van der Waals surface area contributed by atoms with Crippen molar-refractivity contribution in [1.29, 1.82) is 0 Å². The first-order valence-corrected chi connectivity index (χ1v) is 8.68. The second-order valence-corrected chi connectivity index (χ2v) is 6.04. The molecule has 1 N–H and O–H groups in total. The van der Waals surface area contributed by atoms with Crippen molar-refractivity contribution in [2.24, 2.45) is 0 Å². The third-order valence-electron chi connectivity index (χ3n) is 4.31. The van der Waals surface area contributed by atoms with Gasteiger partial charge in [0.15, 0.2) is 5.78 Å². The summed E-state index contributed by atoms with van der Waals surface area (Å²) in [5, 5.41) is 3.36. The van der Waals surface area contributed by atoms with Gasteiger partial charge in [0.2, 0.25) is 0 Å². The highest BCUT2D eigenvalue weighted by Crippen LogP contribution is 2.26. The first-order chi connectivity index (χ1) is 13.2. The number of carbonyl (C=O) groups excluding carboxylic acids is 1. The molecule has 0 saturated carbocycles. The number of pyridine rings is 1. The lowest BCUT2D eigenvalue weighted by Gasteiger charge is -2.20. The molecule has 2 aromatic carbocycles. The summed E-state index contributed by atoms with van der Waals surface area (Å²) in [7, 11) is 3.24. The summed E-state index contributed by atoms with van der Waals surface area (Å²) in [6.07, 6.45) is 2.02. The van der Waals surface area contributed by atoms with E-state index in [1.807, 2.05) is 42.5 Å². The molecule has 0 aliphatic carbocycles. The van der Waals surface area contributed by atoms with Gasteiger partial charge in [-0.1, -0.05) is 18.2 Å². The van der Waals surface area contributed by atoms with Crippen LogP contribution >= 0.6 is 0 Å². The van der Waals surface area contributed by atoms with Crippen molar-refractivity contribution in [2.45, 2.75) is 12.5 Å². The van der Waals surface area contributed by atoms with E-state index in [1.54, 1.807) is 44.7 Å². The molecule has 1 aromatic heterocycles. The van der Waals surface area contributed by atoms with E-state index in [2.05, 4.69) is 10.3 Å². The molecular weight excluding hydrogens is 340 g/mol. The summed E-state index contributed by atoms with van der Waals surface area (Å²) >= 11 is 0. The smallest absolute Gasteiger partial charge is 0.165 e. The van der Waals surface area contributed by atoms with Crippen molar-refractivity contribution in [2.75, 3.05) is 19.5 Å². The number of rotatable bonds is 8. The second kappa shape index (κ2) is 8.85. The summed E-state index contributed by atoms with van der Waals surface area (Å²) in [5.74, 6) is 2.27. The molecule has 1 atom stereocenters. The highest BCUT2D eigenvalue weighted by atomic mass is 16.5. The van der Waals surface area contributed by atoms with Gasteiger partial charge in [0.1, 0.15) is 17.3 Å². The maximum atomic E-state index is 12.8. The van der Waals surface area contributed by atoms with Crippen LogP contribution in [-0.4, -0.2) is 25.0 Å². The van der Waals surface area contributed by atoms with E-state index in [0.29, 0.717) is 12.0 Å². The van der Waals surface area contributed by atoms with Crippen LogP contribution < -0.4 is 14.8 Å². The van der Waals surface area contributed by atoms with Crippen molar-refractivity contribution in [3.05, 3.63) is 84.1 Å². The van der Waals surface area contributed by atoms with Crippen LogP contribution in [0.2, 0.25) is 0 Å². The lowest BCUT2D eigenvalue weighted by atomic mass is 9.97. The van der Waals surface area contributed by atoms with Crippen LogP contribution in [0.25, 0.3) is 0 Å². The first-order valence-electron chi connectivity index (χ1n) is 8.68. The van der Waals surface area contributed by atoms with Gasteiger partial charge < -0.3 is 14.8 Å². The average molecular weight is 362 g/mol. The number of hydrogen-bond donors (Lipinski definition) is 1. The lowest BCUT2D eigenvalue weighted by Crippen LogP contribution is -2.16. The molecule has 0 aliphatic heterocycles. The standard InChI is InChI=1S/C22H22N2O3/c1-26-18-10-6-16(7-11-18)20(24-22-5-3-4-14-23-22)15-21(25)17-8-12-19(27-2)13-9-17/h3-14,20H,15H2,1-2H3,(H,23,24). The third kappa shape index (κ3) is 4.85. The Morgan fingerprint density at radius 3 is 2.11 bits per heavy atom. The van der Waals surface area contributed by atoms with Crippen molar-refractivity contribution < 1.29 is 14.3 Å². The SMILES string of the molecule is COc1ccc(C(=O)CC(Nc2ccccn2)c2ccc(OC)cc2)cc1. The molecule has 27 heavy (non-hydrogen) atoms. The van der Waals surface area contributed by atoms with Crippen LogP contribution in [0.4, 0.5) is 5.82 Å². The Morgan fingerprint density at radius 2 is 1.56 bits per heavy atom. The van der Waals surface area contributed by atoms with Gasteiger partial charge in [-0.2, -0.15) is 0 Å². The Morgan fingerprint density at radius 1 is 0.926 bits per heavy atom. The van der Waals surface area contributed by atoms with Gasteiger partial charge in [0.25, 0.3) is 0 Å². The molecule has 0 radical (unpaired) electrons. The minimum atomic E-state index is -0.208. The number of nitrogens with zero attached hydrogens (tertiary/aromatic N) is 1. The summed E-state index contributed by atoms with van der Waals surface area (Å²) in [6.45, 7) is 0. The van der Waals surface area contributed by atoms with Crippen molar-refractivity contribution in [3.63, 3.8) is 0 Å². The molecule has 0 amide bonds. The van der Waals surface area contributed by atoms with E-state index in [-0.39, 0.29) is 11.8 Å². The highest BCUT2D eigenvalue weighted by Gasteiger charge is 2.18. The number of carbonyl (C=O) groups is 1. The fourth-order valence-electron chi connectivity index (χ4n) is 2.80. The zero-order valence-electron chi connectivity index (χ0n) is 15.4. The molecule has 0 aliphatic rings. The third-order valence-corrected chi connectivity index (χ3v) is 4.31. The Kier molecular flexibility index (Phi) is 6.05. The quantitative estimate of drug-likeness (QED) is 0.597. The van der Waals surface area contributed by atoms with E-state index in [9.17, 15) is 4.79 Å². The maximum absolute atomic E-state index is 12.8. The van der Waals surface area contributed by atoms with E-state index in [1.165, 1.54) is 0 Å². The van der Waals surface area contributed by atoms with E-state index >= 15 is 0 Å². The van der Waals surface area contributed by atoms with Crippen LogP contribution in [0.5, 0.6) is 11.5 Å². The lowest BCUT2D eigenvalue weighted by molar-refractivity contribution is 0.0976. The number of ketones is 1. The fourth-order valence-corrected chi connectivity index (χ4v) is 2.80. The summed E-state index contributed by atoms with van der Waals surface area (Å²) in [6, 6.07) is 20.3. The van der Waals surface area contributed by atoms with E-state index in [0.717, 1.165) is 22.9 Å². The molecule has 138 valence electrons. The number of anilines is 1. The number of ether oxygens (including phenoxy) is 2.